The number of nitrogens with zero attached hydrogens (tertiary/aromatic N) is 1. The lowest BCUT2D eigenvalue weighted by Gasteiger charge is -2.06. The van der Waals surface area contributed by atoms with Crippen LogP contribution < -0.4 is 10.2 Å². The number of ether oxygens (including phenoxy) is 1. The molecule has 0 fully saturated rings. The van der Waals surface area contributed by atoms with Gasteiger partial charge in [0, 0.05) is 6.42 Å². The van der Waals surface area contributed by atoms with Gasteiger partial charge in [0.2, 0.25) is 5.91 Å². The maximum atomic E-state index is 11.5. The summed E-state index contributed by atoms with van der Waals surface area (Å²) >= 11 is 0. The van der Waals surface area contributed by atoms with Crippen LogP contribution in [0.15, 0.2) is 59.7 Å². The summed E-state index contributed by atoms with van der Waals surface area (Å²) in [5, 5.41) is 3.97. The van der Waals surface area contributed by atoms with Crippen molar-refractivity contribution in [3.05, 3.63) is 65.7 Å². The van der Waals surface area contributed by atoms with Gasteiger partial charge in [0.1, 0.15) is 12.4 Å². The van der Waals surface area contributed by atoms with E-state index >= 15 is 0 Å². The second-order valence-electron chi connectivity index (χ2n) is 5.24. The van der Waals surface area contributed by atoms with Crippen molar-refractivity contribution >= 4 is 12.1 Å². The van der Waals surface area contributed by atoms with Gasteiger partial charge in [-0.15, -0.1) is 0 Å². The zero-order chi connectivity index (χ0) is 16.3. The van der Waals surface area contributed by atoms with E-state index in [1.54, 1.807) is 6.21 Å². The first kappa shape index (κ1) is 16.7. The fraction of sp³-hybridized carbons (Fsp3) is 0.263. The van der Waals surface area contributed by atoms with Crippen LogP contribution in [0.5, 0.6) is 5.75 Å². The molecule has 0 unspecified atom stereocenters. The summed E-state index contributed by atoms with van der Waals surface area (Å²) in [7, 11) is 0. The highest BCUT2D eigenvalue weighted by atomic mass is 16.5. The van der Waals surface area contributed by atoms with Gasteiger partial charge in [0.15, 0.2) is 0 Å². The lowest BCUT2D eigenvalue weighted by molar-refractivity contribution is -0.121. The molecule has 0 saturated heterocycles. The van der Waals surface area contributed by atoms with Crippen molar-refractivity contribution in [1.29, 1.82) is 0 Å². The molecule has 2 aromatic carbocycles. The molecule has 4 nitrogen and oxygen atoms in total. The third-order valence-electron chi connectivity index (χ3n) is 3.27. The number of hydrazone groups is 1. The van der Waals surface area contributed by atoms with Gasteiger partial charge >= 0.3 is 0 Å². The Kier molecular flexibility index (Phi) is 6.85. The molecule has 0 spiro atoms. The molecule has 2 aromatic rings. The standard InChI is InChI=1S/C19H22N2O2/c1-2-3-12-19(22)21-20-14-17-10-7-11-18(13-17)23-15-16-8-5-4-6-9-16/h4-11,13-14H,2-3,12,15H2,1H3,(H,21,22)/b20-14+. The third kappa shape index (κ3) is 6.34. The van der Waals surface area contributed by atoms with Gasteiger partial charge in [0.05, 0.1) is 6.21 Å². The minimum atomic E-state index is -0.0559. The highest BCUT2D eigenvalue weighted by Gasteiger charge is 1.99. The SMILES string of the molecule is CCCCC(=O)N/N=C/c1cccc(OCc2ccccc2)c1. The molecule has 1 N–H and O–H groups in total. The van der Waals surface area contributed by atoms with Crippen LogP contribution in [-0.4, -0.2) is 12.1 Å². The van der Waals surface area contributed by atoms with E-state index in [0.717, 1.165) is 29.7 Å². The van der Waals surface area contributed by atoms with Crippen LogP contribution in [0.25, 0.3) is 0 Å². The highest BCUT2D eigenvalue weighted by molar-refractivity contribution is 5.82. The minimum Gasteiger partial charge on any atom is -0.489 e. The van der Waals surface area contributed by atoms with Crippen molar-refractivity contribution in [1.82, 2.24) is 5.43 Å². The zero-order valence-corrected chi connectivity index (χ0v) is 13.4. The maximum Gasteiger partial charge on any atom is 0.240 e. The van der Waals surface area contributed by atoms with Gasteiger partial charge in [-0.2, -0.15) is 5.10 Å². The third-order valence-corrected chi connectivity index (χ3v) is 3.27. The second kappa shape index (κ2) is 9.41. The van der Waals surface area contributed by atoms with Crippen molar-refractivity contribution in [3.63, 3.8) is 0 Å². The zero-order valence-electron chi connectivity index (χ0n) is 13.4. The maximum absolute atomic E-state index is 11.5. The van der Waals surface area contributed by atoms with E-state index < -0.39 is 0 Å². The molecule has 0 bridgehead atoms. The van der Waals surface area contributed by atoms with Gasteiger partial charge in [0.25, 0.3) is 0 Å². The number of carbonyl (C=O) groups is 1. The van der Waals surface area contributed by atoms with Crippen LogP contribution in [0.2, 0.25) is 0 Å². The predicted octanol–water partition coefficient (Wildman–Crippen LogP) is 3.91. The Balaban J connectivity index is 1.85. The first-order valence-electron chi connectivity index (χ1n) is 7.86. The largest absolute Gasteiger partial charge is 0.489 e. The van der Waals surface area contributed by atoms with Gasteiger partial charge in [-0.25, -0.2) is 5.43 Å². The number of amides is 1. The van der Waals surface area contributed by atoms with E-state index in [0.29, 0.717) is 13.0 Å². The lowest BCUT2D eigenvalue weighted by atomic mass is 10.2. The lowest BCUT2D eigenvalue weighted by Crippen LogP contribution is -2.16. The molecule has 2 rings (SSSR count). The Hall–Kier alpha value is -2.62. The van der Waals surface area contributed by atoms with Crippen molar-refractivity contribution in [2.75, 3.05) is 0 Å². The smallest absolute Gasteiger partial charge is 0.240 e. The summed E-state index contributed by atoms with van der Waals surface area (Å²) in [4.78, 5) is 11.5. The van der Waals surface area contributed by atoms with E-state index in [-0.39, 0.29) is 5.91 Å². The van der Waals surface area contributed by atoms with Crippen molar-refractivity contribution in [3.8, 4) is 5.75 Å². The molecular formula is C19H22N2O2. The topological polar surface area (TPSA) is 50.7 Å². The van der Waals surface area contributed by atoms with Crippen LogP contribution in [0, 0.1) is 0 Å². The molecule has 23 heavy (non-hydrogen) atoms. The van der Waals surface area contributed by atoms with E-state index in [9.17, 15) is 4.79 Å². The minimum absolute atomic E-state index is 0.0559. The van der Waals surface area contributed by atoms with E-state index in [1.807, 2.05) is 54.6 Å². The fourth-order valence-electron chi connectivity index (χ4n) is 2.00. The second-order valence-corrected chi connectivity index (χ2v) is 5.24. The number of unbranched alkanes of at least 4 members (excludes halogenated alkanes) is 1. The quantitative estimate of drug-likeness (QED) is 0.594. The molecular weight excluding hydrogens is 288 g/mol. The Morgan fingerprint density at radius 1 is 1.17 bits per heavy atom. The van der Waals surface area contributed by atoms with Crippen LogP contribution in [0.3, 0.4) is 0 Å². The monoisotopic (exact) mass is 310 g/mol. The Morgan fingerprint density at radius 2 is 2.00 bits per heavy atom. The summed E-state index contributed by atoms with van der Waals surface area (Å²) < 4.78 is 5.76. The Morgan fingerprint density at radius 3 is 2.78 bits per heavy atom. The summed E-state index contributed by atoms with van der Waals surface area (Å²) in [6, 6.07) is 17.6. The van der Waals surface area contributed by atoms with Crippen LogP contribution >= 0.6 is 0 Å². The van der Waals surface area contributed by atoms with Crippen LogP contribution in [-0.2, 0) is 11.4 Å². The molecule has 0 aromatic heterocycles. The molecule has 0 saturated carbocycles. The number of hydrogen-bond donors (Lipinski definition) is 1. The van der Waals surface area contributed by atoms with Crippen LogP contribution in [0.1, 0.15) is 37.3 Å². The van der Waals surface area contributed by atoms with E-state index in [2.05, 4.69) is 17.5 Å². The highest BCUT2D eigenvalue weighted by Crippen LogP contribution is 2.14. The van der Waals surface area contributed by atoms with Crippen molar-refractivity contribution < 1.29 is 9.53 Å². The number of rotatable bonds is 8. The normalized spacial score (nSPS) is 10.7. The Labute approximate surface area is 137 Å². The van der Waals surface area contributed by atoms with E-state index in [1.165, 1.54) is 0 Å². The van der Waals surface area contributed by atoms with Crippen LogP contribution in [0.4, 0.5) is 0 Å². The molecule has 0 aliphatic rings. The fourth-order valence-corrected chi connectivity index (χ4v) is 2.00. The molecule has 0 aliphatic heterocycles. The summed E-state index contributed by atoms with van der Waals surface area (Å²) in [5.41, 5.74) is 4.53. The average molecular weight is 310 g/mol. The molecule has 1 amide bonds. The van der Waals surface area contributed by atoms with Crippen molar-refractivity contribution in [2.24, 2.45) is 5.10 Å². The molecule has 120 valence electrons. The van der Waals surface area contributed by atoms with E-state index in [4.69, 9.17) is 4.74 Å². The van der Waals surface area contributed by atoms with Crippen molar-refractivity contribution in [2.45, 2.75) is 32.8 Å². The molecule has 0 heterocycles. The van der Waals surface area contributed by atoms with Gasteiger partial charge < -0.3 is 4.74 Å². The number of hydrogen-bond acceptors (Lipinski definition) is 3. The average Bonchev–Trinajstić information content (AvgIpc) is 2.59. The summed E-state index contributed by atoms with van der Waals surface area (Å²) in [6.07, 6.45) is 4.01. The molecule has 0 aliphatic carbocycles. The number of nitrogens with one attached hydrogen (secondary N) is 1. The first-order chi connectivity index (χ1) is 11.3. The molecule has 4 heteroatoms. The number of carbonyl (C=O) groups excluding carboxylic acids is 1. The Bertz CT molecular complexity index is 639. The summed E-state index contributed by atoms with van der Waals surface area (Å²) in [5.74, 6) is 0.717. The van der Waals surface area contributed by atoms with Gasteiger partial charge in [-0.1, -0.05) is 55.8 Å². The van der Waals surface area contributed by atoms with Gasteiger partial charge in [-0.05, 0) is 29.7 Å². The summed E-state index contributed by atoms with van der Waals surface area (Å²) in [6.45, 7) is 2.58. The predicted molar refractivity (Wildman–Crippen MR) is 92.5 cm³/mol. The molecule has 0 radical (unpaired) electrons. The molecule has 0 atom stereocenters. The number of benzene rings is 2. The first-order valence-corrected chi connectivity index (χ1v) is 7.86. The van der Waals surface area contributed by atoms with Gasteiger partial charge in [-0.3, -0.25) is 4.79 Å².